The molecule has 0 aliphatic heterocycles. The van der Waals surface area contributed by atoms with Crippen LogP contribution >= 0.6 is 0 Å². The lowest BCUT2D eigenvalue weighted by atomic mass is 9.63. The number of fused-ring (bicyclic) bond motifs is 1. The summed E-state index contributed by atoms with van der Waals surface area (Å²) in [5.41, 5.74) is 10.0. The van der Waals surface area contributed by atoms with E-state index in [4.69, 9.17) is 5.73 Å². The first kappa shape index (κ1) is 15.1. The van der Waals surface area contributed by atoms with Gasteiger partial charge in [-0.3, -0.25) is 0 Å². The zero-order valence-electron chi connectivity index (χ0n) is 13.7. The van der Waals surface area contributed by atoms with Crippen LogP contribution in [0.15, 0.2) is 18.2 Å². The van der Waals surface area contributed by atoms with Gasteiger partial charge in [-0.2, -0.15) is 0 Å². The largest absolute Gasteiger partial charge is 0.316 e. The molecule has 0 aromatic heterocycles. The smallest absolute Gasteiger partial charge is 0.0722 e. The molecule has 2 N–H and O–H groups in total. The number of rotatable bonds is 0. The molecule has 0 heterocycles. The summed E-state index contributed by atoms with van der Waals surface area (Å²) in [4.78, 5) is 0. The van der Waals surface area contributed by atoms with E-state index in [9.17, 15) is 0 Å². The molecule has 1 aliphatic rings. The summed E-state index contributed by atoms with van der Waals surface area (Å²) in [5.74, 6) is 6.35. The maximum atomic E-state index is 5.94. The van der Waals surface area contributed by atoms with E-state index in [1.54, 1.807) is 0 Å². The molecule has 1 aromatic rings. The summed E-state index contributed by atoms with van der Waals surface area (Å²) in [6, 6.07) is 6.68. The molecule has 1 aromatic carbocycles. The number of benzene rings is 1. The van der Waals surface area contributed by atoms with Crippen molar-refractivity contribution in [3.63, 3.8) is 0 Å². The van der Waals surface area contributed by atoms with Gasteiger partial charge in [-0.25, -0.2) is 0 Å². The van der Waals surface area contributed by atoms with E-state index in [0.29, 0.717) is 0 Å². The van der Waals surface area contributed by atoms with E-state index in [0.717, 1.165) is 5.56 Å². The van der Waals surface area contributed by atoms with Crippen molar-refractivity contribution in [1.82, 2.24) is 0 Å². The third kappa shape index (κ3) is 3.07. The standard InChI is InChI=1S/C19H27N/c1-17(2)11-12-18(3,4)16-13-14(7-8-15(16)17)9-10-19(5,6)20/h7-8,13H,11-12,20H2,1-6H3. The van der Waals surface area contributed by atoms with Crippen LogP contribution in [0.1, 0.15) is 71.1 Å². The predicted octanol–water partition coefficient (Wildman–Crippen LogP) is 4.12. The quantitative estimate of drug-likeness (QED) is 0.704. The Morgan fingerprint density at radius 3 is 2.10 bits per heavy atom. The Hall–Kier alpha value is -1.26. The van der Waals surface area contributed by atoms with Crippen LogP contribution in [0.2, 0.25) is 0 Å². The highest BCUT2D eigenvalue weighted by Crippen LogP contribution is 2.45. The topological polar surface area (TPSA) is 26.0 Å². The van der Waals surface area contributed by atoms with Crippen LogP contribution in [0.4, 0.5) is 0 Å². The van der Waals surface area contributed by atoms with Gasteiger partial charge in [-0.05, 0) is 60.8 Å². The van der Waals surface area contributed by atoms with Gasteiger partial charge in [0, 0.05) is 5.56 Å². The molecule has 0 fully saturated rings. The van der Waals surface area contributed by atoms with E-state index >= 15 is 0 Å². The molecule has 108 valence electrons. The zero-order valence-corrected chi connectivity index (χ0v) is 13.7. The molecule has 2 rings (SSSR count). The van der Waals surface area contributed by atoms with Crippen LogP contribution < -0.4 is 5.73 Å². The summed E-state index contributed by atoms with van der Waals surface area (Å²) >= 11 is 0. The van der Waals surface area contributed by atoms with Crippen molar-refractivity contribution in [2.45, 2.75) is 70.8 Å². The normalized spacial score (nSPS) is 19.8. The molecule has 1 heteroatoms. The van der Waals surface area contributed by atoms with Crippen LogP contribution in [-0.2, 0) is 10.8 Å². The Morgan fingerprint density at radius 2 is 1.55 bits per heavy atom. The second kappa shape index (κ2) is 4.64. The van der Waals surface area contributed by atoms with Crippen LogP contribution in [0.3, 0.4) is 0 Å². The van der Waals surface area contributed by atoms with Gasteiger partial charge in [0.05, 0.1) is 5.54 Å². The minimum Gasteiger partial charge on any atom is -0.316 e. The lowest BCUT2D eigenvalue weighted by Crippen LogP contribution is -2.33. The fourth-order valence-electron chi connectivity index (χ4n) is 2.90. The lowest BCUT2D eigenvalue weighted by Gasteiger charge is -2.41. The average Bonchev–Trinajstić information content (AvgIpc) is 2.32. The summed E-state index contributed by atoms with van der Waals surface area (Å²) < 4.78 is 0. The lowest BCUT2D eigenvalue weighted by molar-refractivity contribution is 0.332. The molecular weight excluding hydrogens is 242 g/mol. The van der Waals surface area contributed by atoms with E-state index in [-0.39, 0.29) is 10.8 Å². The minimum atomic E-state index is -0.440. The number of hydrogen-bond acceptors (Lipinski definition) is 1. The van der Waals surface area contributed by atoms with Crippen molar-refractivity contribution in [1.29, 1.82) is 0 Å². The fourth-order valence-corrected chi connectivity index (χ4v) is 2.90. The third-order valence-corrected chi connectivity index (χ3v) is 4.38. The van der Waals surface area contributed by atoms with Crippen LogP contribution in [0.25, 0.3) is 0 Å². The summed E-state index contributed by atoms with van der Waals surface area (Å²) in [5, 5.41) is 0. The fraction of sp³-hybridized carbons (Fsp3) is 0.579. The predicted molar refractivity (Wildman–Crippen MR) is 86.9 cm³/mol. The Morgan fingerprint density at radius 1 is 1.00 bits per heavy atom. The van der Waals surface area contributed by atoms with Crippen molar-refractivity contribution in [3.8, 4) is 11.8 Å². The highest BCUT2D eigenvalue weighted by Gasteiger charge is 2.36. The summed E-state index contributed by atoms with van der Waals surface area (Å²) in [6.07, 6.45) is 2.47. The van der Waals surface area contributed by atoms with E-state index < -0.39 is 5.54 Å². The molecule has 1 nitrogen and oxygen atoms in total. The first-order chi connectivity index (χ1) is 9.01. The highest BCUT2D eigenvalue weighted by atomic mass is 14.7. The van der Waals surface area contributed by atoms with E-state index in [1.807, 2.05) is 13.8 Å². The van der Waals surface area contributed by atoms with Gasteiger partial charge < -0.3 is 5.73 Å². The molecule has 0 saturated heterocycles. The van der Waals surface area contributed by atoms with Gasteiger partial charge in [0.15, 0.2) is 0 Å². The highest BCUT2D eigenvalue weighted by molar-refractivity contribution is 5.48. The molecule has 0 unspecified atom stereocenters. The Kier molecular flexibility index (Phi) is 3.51. The number of hydrogen-bond donors (Lipinski definition) is 1. The first-order valence-electron chi connectivity index (χ1n) is 7.48. The summed E-state index contributed by atoms with van der Waals surface area (Å²) in [6.45, 7) is 13.2. The Labute approximate surface area is 124 Å². The monoisotopic (exact) mass is 269 g/mol. The van der Waals surface area contributed by atoms with E-state index in [1.165, 1.54) is 24.0 Å². The van der Waals surface area contributed by atoms with Crippen molar-refractivity contribution in [2.24, 2.45) is 5.73 Å². The van der Waals surface area contributed by atoms with Gasteiger partial charge >= 0.3 is 0 Å². The second-order valence-electron chi connectivity index (χ2n) is 8.00. The number of nitrogens with two attached hydrogens (primary N) is 1. The third-order valence-electron chi connectivity index (χ3n) is 4.38. The molecule has 0 bridgehead atoms. The van der Waals surface area contributed by atoms with Gasteiger partial charge in [0.2, 0.25) is 0 Å². The van der Waals surface area contributed by atoms with Crippen molar-refractivity contribution in [2.75, 3.05) is 0 Å². The van der Waals surface area contributed by atoms with Crippen molar-refractivity contribution < 1.29 is 0 Å². The molecule has 20 heavy (non-hydrogen) atoms. The Balaban J connectivity index is 2.51. The first-order valence-corrected chi connectivity index (χ1v) is 7.48. The van der Waals surface area contributed by atoms with Crippen LogP contribution in [0.5, 0.6) is 0 Å². The molecule has 0 atom stereocenters. The van der Waals surface area contributed by atoms with Gasteiger partial charge in [0.25, 0.3) is 0 Å². The van der Waals surface area contributed by atoms with Gasteiger partial charge in [-0.15, -0.1) is 0 Å². The molecular formula is C19H27N. The molecule has 0 spiro atoms. The van der Waals surface area contributed by atoms with E-state index in [2.05, 4.69) is 57.7 Å². The maximum absolute atomic E-state index is 5.94. The average molecular weight is 269 g/mol. The molecule has 0 amide bonds. The maximum Gasteiger partial charge on any atom is 0.0722 e. The minimum absolute atomic E-state index is 0.237. The van der Waals surface area contributed by atoms with Crippen molar-refractivity contribution >= 4 is 0 Å². The second-order valence-corrected chi connectivity index (χ2v) is 8.00. The van der Waals surface area contributed by atoms with Gasteiger partial charge in [-0.1, -0.05) is 45.6 Å². The SMILES string of the molecule is CC(C)(N)C#Cc1ccc2c(c1)C(C)(C)CCC2(C)C. The van der Waals surface area contributed by atoms with Crippen LogP contribution in [-0.4, -0.2) is 5.54 Å². The summed E-state index contributed by atoms with van der Waals surface area (Å²) in [7, 11) is 0. The molecule has 0 radical (unpaired) electrons. The van der Waals surface area contributed by atoms with Crippen LogP contribution in [0, 0.1) is 11.8 Å². The molecule has 0 saturated carbocycles. The van der Waals surface area contributed by atoms with Gasteiger partial charge in [0.1, 0.15) is 0 Å². The zero-order chi connectivity index (χ0) is 15.2. The van der Waals surface area contributed by atoms with Crippen molar-refractivity contribution in [3.05, 3.63) is 34.9 Å². The molecule has 1 aliphatic carbocycles. The Bertz CT molecular complexity index is 574.